The fraction of sp³-hybridized carbons (Fsp3) is 0.533. The molecular formula is C15H23NO2S. The molecule has 0 aliphatic heterocycles. The first-order chi connectivity index (χ1) is 8.83. The van der Waals surface area contributed by atoms with Crippen LogP contribution in [0.2, 0.25) is 0 Å². The molecular weight excluding hydrogens is 258 g/mol. The summed E-state index contributed by atoms with van der Waals surface area (Å²) >= 11 is 1.52. The third-order valence-corrected chi connectivity index (χ3v) is 4.40. The fourth-order valence-corrected chi connectivity index (χ4v) is 2.28. The highest BCUT2D eigenvalue weighted by Gasteiger charge is 2.26. The smallest absolute Gasteiger partial charge is 0.233 e. The van der Waals surface area contributed by atoms with E-state index < -0.39 is 5.60 Å². The number of amides is 1. The van der Waals surface area contributed by atoms with Crippen LogP contribution in [-0.2, 0) is 4.79 Å². The average Bonchev–Trinajstić information content (AvgIpc) is 2.37. The minimum atomic E-state index is -0.868. The van der Waals surface area contributed by atoms with Gasteiger partial charge in [0, 0.05) is 11.4 Å². The first-order valence-electron chi connectivity index (χ1n) is 6.54. The molecule has 2 N–H and O–H groups in total. The van der Waals surface area contributed by atoms with Crippen LogP contribution in [0.1, 0.15) is 27.7 Å². The van der Waals surface area contributed by atoms with Gasteiger partial charge in [0.1, 0.15) is 0 Å². The molecule has 0 fully saturated rings. The van der Waals surface area contributed by atoms with E-state index >= 15 is 0 Å². The van der Waals surface area contributed by atoms with E-state index in [1.165, 1.54) is 11.8 Å². The molecule has 1 amide bonds. The average molecular weight is 281 g/mol. The highest BCUT2D eigenvalue weighted by atomic mass is 32.2. The quantitative estimate of drug-likeness (QED) is 0.788. The topological polar surface area (TPSA) is 49.3 Å². The highest BCUT2D eigenvalue weighted by Crippen LogP contribution is 2.23. The molecule has 4 heteroatoms. The summed E-state index contributed by atoms with van der Waals surface area (Å²) < 4.78 is 0. The maximum absolute atomic E-state index is 12.0. The molecule has 19 heavy (non-hydrogen) atoms. The van der Waals surface area contributed by atoms with E-state index in [-0.39, 0.29) is 23.6 Å². The van der Waals surface area contributed by atoms with Crippen LogP contribution in [0, 0.1) is 5.92 Å². The van der Waals surface area contributed by atoms with Gasteiger partial charge in [0.05, 0.1) is 10.9 Å². The molecule has 106 valence electrons. The Morgan fingerprint density at radius 1 is 1.32 bits per heavy atom. The Hall–Kier alpha value is -1.00. The van der Waals surface area contributed by atoms with Gasteiger partial charge in [-0.15, -0.1) is 11.8 Å². The van der Waals surface area contributed by atoms with Gasteiger partial charge in [0.2, 0.25) is 5.91 Å². The minimum Gasteiger partial charge on any atom is -0.388 e. The van der Waals surface area contributed by atoms with Crippen LogP contribution in [0.3, 0.4) is 0 Å². The lowest BCUT2D eigenvalue weighted by Gasteiger charge is -2.28. The standard InChI is InChI=1S/C15H23NO2S/c1-11(2)15(4,18)10-16-14(17)12(3)19-13-8-6-5-7-9-13/h5-9,11-12,18H,10H2,1-4H3,(H,16,17). The van der Waals surface area contributed by atoms with Crippen molar-refractivity contribution in [3.63, 3.8) is 0 Å². The minimum absolute atomic E-state index is 0.0465. The van der Waals surface area contributed by atoms with Crippen molar-refractivity contribution < 1.29 is 9.90 Å². The fourth-order valence-electron chi connectivity index (χ4n) is 1.37. The number of rotatable bonds is 6. The molecule has 0 spiro atoms. The lowest BCUT2D eigenvalue weighted by atomic mass is 9.92. The SMILES string of the molecule is CC(Sc1ccccc1)C(=O)NCC(C)(O)C(C)C. The molecule has 1 rings (SSSR count). The molecule has 2 atom stereocenters. The predicted octanol–water partition coefficient (Wildman–Crippen LogP) is 2.69. The van der Waals surface area contributed by atoms with Crippen molar-refractivity contribution in [3.8, 4) is 0 Å². The molecule has 0 saturated carbocycles. The molecule has 3 nitrogen and oxygen atoms in total. The van der Waals surface area contributed by atoms with E-state index in [2.05, 4.69) is 5.32 Å². The summed E-state index contributed by atoms with van der Waals surface area (Å²) in [5, 5.41) is 12.7. The number of aliphatic hydroxyl groups is 1. The first-order valence-corrected chi connectivity index (χ1v) is 7.42. The van der Waals surface area contributed by atoms with Crippen LogP contribution < -0.4 is 5.32 Å². The molecule has 1 aromatic carbocycles. The molecule has 0 bridgehead atoms. The number of hydrogen-bond donors (Lipinski definition) is 2. The number of thioether (sulfide) groups is 1. The molecule has 0 saturated heterocycles. The molecule has 0 radical (unpaired) electrons. The molecule has 0 aliphatic rings. The summed E-state index contributed by atoms with van der Waals surface area (Å²) in [5.74, 6) is 0.0552. The molecule has 1 aromatic rings. The summed E-state index contributed by atoms with van der Waals surface area (Å²) in [6, 6.07) is 9.83. The molecule has 0 aromatic heterocycles. The Bertz CT molecular complexity index is 404. The zero-order valence-electron chi connectivity index (χ0n) is 12.0. The number of nitrogens with one attached hydrogen (secondary N) is 1. The van der Waals surface area contributed by atoms with Crippen LogP contribution >= 0.6 is 11.8 Å². The number of carbonyl (C=O) groups is 1. The van der Waals surface area contributed by atoms with Gasteiger partial charge in [-0.1, -0.05) is 32.0 Å². The second-order valence-corrected chi connectivity index (χ2v) is 6.72. The zero-order chi connectivity index (χ0) is 14.5. The second-order valence-electron chi connectivity index (χ2n) is 5.30. The van der Waals surface area contributed by atoms with E-state index in [1.54, 1.807) is 6.92 Å². The Morgan fingerprint density at radius 2 is 1.89 bits per heavy atom. The van der Waals surface area contributed by atoms with Gasteiger partial charge in [-0.2, -0.15) is 0 Å². The van der Waals surface area contributed by atoms with Gasteiger partial charge < -0.3 is 10.4 Å². The second kappa shape index (κ2) is 6.96. The maximum Gasteiger partial charge on any atom is 0.233 e. The Morgan fingerprint density at radius 3 is 2.42 bits per heavy atom. The number of benzene rings is 1. The summed E-state index contributed by atoms with van der Waals surface area (Å²) in [7, 11) is 0. The van der Waals surface area contributed by atoms with Crippen LogP contribution in [-0.4, -0.2) is 28.4 Å². The van der Waals surface area contributed by atoms with Crippen molar-refractivity contribution in [3.05, 3.63) is 30.3 Å². The lowest BCUT2D eigenvalue weighted by molar-refractivity contribution is -0.121. The normalized spacial score (nSPS) is 15.9. The zero-order valence-corrected chi connectivity index (χ0v) is 12.8. The number of hydrogen-bond acceptors (Lipinski definition) is 3. The van der Waals surface area contributed by atoms with E-state index in [0.29, 0.717) is 0 Å². The Kier molecular flexibility index (Phi) is 5.88. The van der Waals surface area contributed by atoms with E-state index in [0.717, 1.165) is 4.90 Å². The van der Waals surface area contributed by atoms with Crippen molar-refractivity contribution in [1.82, 2.24) is 5.32 Å². The predicted molar refractivity (Wildman–Crippen MR) is 80.2 cm³/mol. The van der Waals surface area contributed by atoms with Gasteiger partial charge >= 0.3 is 0 Å². The molecule has 0 heterocycles. The summed E-state index contributed by atoms with van der Waals surface area (Å²) in [4.78, 5) is 13.0. The Balaban J connectivity index is 2.46. The van der Waals surface area contributed by atoms with Crippen molar-refractivity contribution in [2.75, 3.05) is 6.54 Å². The molecule has 0 aliphatic carbocycles. The van der Waals surface area contributed by atoms with Gasteiger partial charge in [0.15, 0.2) is 0 Å². The first kappa shape index (κ1) is 16.1. The third-order valence-electron chi connectivity index (χ3n) is 3.29. The van der Waals surface area contributed by atoms with Crippen LogP contribution in [0.15, 0.2) is 35.2 Å². The van der Waals surface area contributed by atoms with Gasteiger partial charge in [-0.3, -0.25) is 4.79 Å². The third kappa shape index (κ3) is 5.25. The summed E-state index contributed by atoms with van der Waals surface area (Å²) in [6.07, 6.45) is 0. The largest absolute Gasteiger partial charge is 0.388 e. The van der Waals surface area contributed by atoms with Gasteiger partial charge in [-0.05, 0) is 31.9 Å². The van der Waals surface area contributed by atoms with E-state index in [4.69, 9.17) is 0 Å². The summed E-state index contributed by atoms with van der Waals surface area (Å²) in [5.41, 5.74) is -0.868. The van der Waals surface area contributed by atoms with Crippen molar-refractivity contribution >= 4 is 17.7 Å². The van der Waals surface area contributed by atoms with Gasteiger partial charge in [0.25, 0.3) is 0 Å². The lowest BCUT2D eigenvalue weighted by Crippen LogP contribution is -2.46. The summed E-state index contributed by atoms with van der Waals surface area (Å²) in [6.45, 7) is 7.77. The number of carbonyl (C=O) groups excluding carboxylic acids is 1. The molecule has 2 unspecified atom stereocenters. The van der Waals surface area contributed by atoms with Crippen molar-refractivity contribution in [2.45, 2.75) is 43.4 Å². The van der Waals surface area contributed by atoms with Gasteiger partial charge in [-0.25, -0.2) is 0 Å². The van der Waals surface area contributed by atoms with E-state index in [9.17, 15) is 9.90 Å². The van der Waals surface area contributed by atoms with Crippen LogP contribution in [0.4, 0.5) is 0 Å². The highest BCUT2D eigenvalue weighted by molar-refractivity contribution is 8.00. The van der Waals surface area contributed by atoms with Crippen molar-refractivity contribution in [2.24, 2.45) is 5.92 Å². The Labute approximate surface area is 119 Å². The monoisotopic (exact) mass is 281 g/mol. The van der Waals surface area contributed by atoms with E-state index in [1.807, 2.05) is 51.1 Å². The van der Waals surface area contributed by atoms with Crippen molar-refractivity contribution in [1.29, 1.82) is 0 Å². The van der Waals surface area contributed by atoms with Crippen LogP contribution in [0.25, 0.3) is 0 Å². The van der Waals surface area contributed by atoms with Crippen LogP contribution in [0.5, 0.6) is 0 Å². The maximum atomic E-state index is 12.0.